The first-order valence-electron chi connectivity index (χ1n) is 7.93. The topological polar surface area (TPSA) is 85.9 Å². The van der Waals surface area contributed by atoms with Gasteiger partial charge in [0.1, 0.15) is 23.6 Å². The van der Waals surface area contributed by atoms with Crippen molar-refractivity contribution >= 4 is 11.5 Å². The molecule has 1 amide bonds. The van der Waals surface area contributed by atoms with E-state index < -0.39 is 30.2 Å². The van der Waals surface area contributed by atoms with Gasteiger partial charge in [0.25, 0.3) is 5.91 Å². The van der Waals surface area contributed by atoms with E-state index in [4.69, 9.17) is 0 Å². The Morgan fingerprint density at radius 2 is 1.92 bits per heavy atom. The summed E-state index contributed by atoms with van der Waals surface area (Å²) in [6.45, 7) is 1.67. The molecule has 10 heteroatoms. The number of halogens is 3. The lowest BCUT2D eigenvalue weighted by Gasteiger charge is -2.31. The lowest BCUT2D eigenvalue weighted by atomic mass is 9.89. The fourth-order valence-electron chi connectivity index (χ4n) is 3.33. The predicted octanol–water partition coefficient (Wildman–Crippen LogP) is 1.44. The van der Waals surface area contributed by atoms with E-state index in [1.807, 2.05) is 0 Å². The first-order chi connectivity index (χ1) is 12.4. The molecular weight excluding hydrogens is 349 g/mol. The largest absolute Gasteiger partial charge is 0.406 e. The van der Waals surface area contributed by atoms with Gasteiger partial charge < -0.3 is 5.32 Å². The van der Waals surface area contributed by atoms with Gasteiger partial charge in [-0.3, -0.25) is 9.89 Å². The summed E-state index contributed by atoms with van der Waals surface area (Å²) in [4.78, 5) is 16.8. The quantitative estimate of drug-likeness (QED) is 0.751. The Kier molecular flexibility index (Phi) is 3.72. The van der Waals surface area contributed by atoms with Crippen LogP contribution in [0.25, 0.3) is 5.57 Å². The van der Waals surface area contributed by atoms with Gasteiger partial charge in [-0.2, -0.15) is 18.3 Å². The molecule has 2 aliphatic heterocycles. The SMILES string of the molecule is Cc1nc(C2=CNC3C(c4ccccc4)C(C(F)(F)F)NN3C2=O)n[nH]1. The number of H-pyrrole nitrogens is 1. The Hall–Kier alpha value is -2.88. The number of nitrogens with one attached hydrogen (secondary N) is 3. The number of amides is 1. The fourth-order valence-corrected chi connectivity index (χ4v) is 3.33. The summed E-state index contributed by atoms with van der Waals surface area (Å²) >= 11 is 0. The van der Waals surface area contributed by atoms with Crippen LogP contribution < -0.4 is 10.7 Å². The number of hydrazine groups is 1. The van der Waals surface area contributed by atoms with Crippen molar-refractivity contribution in [2.75, 3.05) is 0 Å². The molecule has 136 valence electrons. The number of hydrogen-bond donors (Lipinski definition) is 3. The number of rotatable bonds is 2. The van der Waals surface area contributed by atoms with Crippen molar-refractivity contribution in [3.05, 3.63) is 53.7 Å². The van der Waals surface area contributed by atoms with E-state index in [0.717, 1.165) is 5.01 Å². The molecule has 1 saturated heterocycles. The van der Waals surface area contributed by atoms with Crippen LogP contribution in [0.3, 0.4) is 0 Å². The molecule has 3 heterocycles. The molecule has 2 aromatic rings. The van der Waals surface area contributed by atoms with Gasteiger partial charge in [-0.1, -0.05) is 30.3 Å². The first-order valence-corrected chi connectivity index (χ1v) is 7.93. The number of hydrogen-bond acceptors (Lipinski definition) is 5. The summed E-state index contributed by atoms with van der Waals surface area (Å²) in [5.41, 5.74) is 2.90. The van der Waals surface area contributed by atoms with Crippen molar-refractivity contribution in [2.24, 2.45) is 0 Å². The van der Waals surface area contributed by atoms with Crippen LogP contribution in [0.1, 0.15) is 23.1 Å². The van der Waals surface area contributed by atoms with Crippen LogP contribution in [0, 0.1) is 6.92 Å². The van der Waals surface area contributed by atoms with Crippen LogP contribution in [0.2, 0.25) is 0 Å². The van der Waals surface area contributed by atoms with Crippen molar-refractivity contribution < 1.29 is 18.0 Å². The van der Waals surface area contributed by atoms with Gasteiger partial charge in [0.2, 0.25) is 0 Å². The van der Waals surface area contributed by atoms with E-state index in [9.17, 15) is 18.0 Å². The third-order valence-electron chi connectivity index (χ3n) is 4.48. The lowest BCUT2D eigenvalue weighted by molar-refractivity contribution is -0.161. The average molecular weight is 364 g/mol. The molecule has 0 radical (unpaired) electrons. The minimum Gasteiger partial charge on any atom is -0.369 e. The van der Waals surface area contributed by atoms with Crippen molar-refractivity contribution in [1.82, 2.24) is 30.9 Å². The summed E-state index contributed by atoms with van der Waals surface area (Å²) in [7, 11) is 0. The zero-order chi connectivity index (χ0) is 18.5. The first kappa shape index (κ1) is 16.6. The third-order valence-corrected chi connectivity index (χ3v) is 4.48. The normalized spacial score (nSPS) is 25.7. The zero-order valence-corrected chi connectivity index (χ0v) is 13.6. The minimum atomic E-state index is -4.53. The van der Waals surface area contributed by atoms with Gasteiger partial charge in [-0.15, -0.1) is 0 Å². The van der Waals surface area contributed by atoms with Crippen molar-refractivity contribution in [3.8, 4) is 0 Å². The van der Waals surface area contributed by atoms with Crippen LogP contribution in [-0.2, 0) is 4.79 Å². The molecular formula is C16H15F3N6O. The number of aryl methyl sites for hydroxylation is 1. The zero-order valence-electron chi connectivity index (χ0n) is 13.6. The van der Waals surface area contributed by atoms with Gasteiger partial charge in [0, 0.05) is 6.20 Å². The van der Waals surface area contributed by atoms with E-state index in [1.165, 1.54) is 6.20 Å². The van der Waals surface area contributed by atoms with Gasteiger partial charge in [-0.25, -0.2) is 15.4 Å². The fraction of sp³-hybridized carbons (Fsp3) is 0.312. The highest BCUT2D eigenvalue weighted by Gasteiger charge is 2.57. The predicted molar refractivity (Wildman–Crippen MR) is 85.0 cm³/mol. The standard InChI is InChI=1S/C16H15F3N6O/c1-8-21-13(23-22-8)10-7-20-14-11(9-5-3-2-4-6-9)12(16(17,18)19)24-25(14)15(10)26/h2-7,11-12,14,20,24H,1H3,(H,21,22,23). The monoisotopic (exact) mass is 364 g/mol. The number of nitrogens with zero attached hydrogens (tertiary/aromatic N) is 3. The van der Waals surface area contributed by atoms with Crippen LogP contribution >= 0.6 is 0 Å². The molecule has 7 nitrogen and oxygen atoms in total. The number of carbonyl (C=O) groups is 1. The molecule has 1 aromatic carbocycles. The molecule has 2 aliphatic rings. The number of benzene rings is 1. The maximum Gasteiger partial charge on any atom is 0.406 e. The molecule has 4 rings (SSSR count). The third kappa shape index (κ3) is 2.62. The molecule has 3 N–H and O–H groups in total. The molecule has 1 fully saturated rings. The lowest BCUT2D eigenvalue weighted by Crippen LogP contribution is -2.53. The second-order valence-corrected chi connectivity index (χ2v) is 6.17. The summed E-state index contributed by atoms with van der Waals surface area (Å²) in [6.07, 6.45) is -4.02. The van der Waals surface area contributed by atoms with E-state index >= 15 is 0 Å². The van der Waals surface area contributed by atoms with Crippen LogP contribution in [0.5, 0.6) is 0 Å². The number of carbonyl (C=O) groups excluding carboxylic acids is 1. The van der Waals surface area contributed by atoms with Crippen LogP contribution in [0.4, 0.5) is 13.2 Å². The van der Waals surface area contributed by atoms with Crippen molar-refractivity contribution in [2.45, 2.75) is 31.2 Å². The Morgan fingerprint density at radius 1 is 1.19 bits per heavy atom. The second kappa shape index (κ2) is 5.84. The molecule has 3 atom stereocenters. The number of aromatic amines is 1. The Labute approximate surface area is 146 Å². The average Bonchev–Trinajstić information content (AvgIpc) is 3.20. The molecule has 0 spiro atoms. The molecule has 0 saturated carbocycles. The maximum atomic E-state index is 13.6. The number of fused-ring (bicyclic) bond motifs is 1. The maximum absolute atomic E-state index is 13.6. The van der Waals surface area contributed by atoms with Gasteiger partial charge in [0.05, 0.1) is 5.92 Å². The van der Waals surface area contributed by atoms with Crippen LogP contribution in [-0.4, -0.2) is 44.5 Å². The van der Waals surface area contributed by atoms with E-state index in [-0.39, 0.29) is 11.4 Å². The van der Waals surface area contributed by atoms with Gasteiger partial charge in [0.15, 0.2) is 5.82 Å². The van der Waals surface area contributed by atoms with E-state index in [1.54, 1.807) is 37.3 Å². The van der Waals surface area contributed by atoms with E-state index in [2.05, 4.69) is 25.9 Å². The van der Waals surface area contributed by atoms with Crippen LogP contribution in [0.15, 0.2) is 36.5 Å². The summed E-state index contributed by atoms with van der Waals surface area (Å²) < 4.78 is 40.8. The minimum absolute atomic E-state index is 0.0905. The Balaban J connectivity index is 1.72. The van der Waals surface area contributed by atoms with Crippen molar-refractivity contribution in [3.63, 3.8) is 0 Å². The van der Waals surface area contributed by atoms with Crippen molar-refractivity contribution in [1.29, 1.82) is 0 Å². The van der Waals surface area contributed by atoms with Gasteiger partial charge >= 0.3 is 6.18 Å². The van der Waals surface area contributed by atoms with E-state index in [0.29, 0.717) is 11.4 Å². The van der Waals surface area contributed by atoms with Gasteiger partial charge in [-0.05, 0) is 12.5 Å². The Bertz CT molecular complexity index is 862. The molecule has 26 heavy (non-hydrogen) atoms. The smallest absolute Gasteiger partial charge is 0.369 e. The molecule has 3 unspecified atom stereocenters. The highest BCUT2D eigenvalue weighted by Crippen LogP contribution is 2.41. The summed E-state index contributed by atoms with van der Waals surface area (Å²) in [5.74, 6) is -0.972. The summed E-state index contributed by atoms with van der Waals surface area (Å²) in [6, 6.07) is 6.43. The Morgan fingerprint density at radius 3 is 2.54 bits per heavy atom. The second-order valence-electron chi connectivity index (χ2n) is 6.17. The number of alkyl halides is 3. The molecule has 1 aromatic heterocycles. The highest BCUT2D eigenvalue weighted by molar-refractivity contribution is 6.18. The summed E-state index contributed by atoms with van der Waals surface area (Å²) in [5, 5.41) is 10.4. The number of aromatic nitrogens is 3. The molecule has 0 aliphatic carbocycles. The molecule has 0 bridgehead atoms. The highest BCUT2D eigenvalue weighted by atomic mass is 19.4.